The lowest BCUT2D eigenvalue weighted by Gasteiger charge is -2.16. The highest BCUT2D eigenvalue weighted by molar-refractivity contribution is 5.75. The highest BCUT2D eigenvalue weighted by atomic mass is 19.1. The summed E-state index contributed by atoms with van der Waals surface area (Å²) < 4.78 is 22.3. The van der Waals surface area contributed by atoms with Gasteiger partial charge in [-0.25, -0.2) is 9.37 Å². The highest BCUT2D eigenvalue weighted by Crippen LogP contribution is 2.21. The van der Waals surface area contributed by atoms with Crippen LogP contribution in [0, 0.1) is 11.3 Å². The van der Waals surface area contributed by atoms with Gasteiger partial charge >= 0.3 is 0 Å². The molecular weight excluding hydrogens is 343 g/mol. The third kappa shape index (κ3) is 3.70. The van der Waals surface area contributed by atoms with Crippen molar-refractivity contribution in [2.45, 2.75) is 25.4 Å². The second kappa shape index (κ2) is 7.47. The van der Waals surface area contributed by atoms with Gasteiger partial charge in [-0.1, -0.05) is 24.3 Å². The number of nitrogens with zero attached hydrogens (tertiary/aromatic N) is 4. The lowest BCUT2D eigenvalue weighted by Crippen LogP contribution is -2.25. The molecule has 1 fully saturated rings. The largest absolute Gasteiger partial charge is 0.366 e. The first-order valence-corrected chi connectivity index (χ1v) is 9.01. The van der Waals surface area contributed by atoms with E-state index in [0.29, 0.717) is 31.8 Å². The van der Waals surface area contributed by atoms with Crippen molar-refractivity contribution in [2.75, 3.05) is 13.1 Å². The molecule has 2 heterocycles. The number of halogens is 1. The van der Waals surface area contributed by atoms with Crippen LogP contribution in [0.1, 0.15) is 17.0 Å². The maximum absolute atomic E-state index is 14.4. The van der Waals surface area contributed by atoms with Crippen molar-refractivity contribution >= 4 is 11.0 Å². The average Bonchev–Trinajstić information content (AvgIpc) is 3.20. The van der Waals surface area contributed by atoms with Crippen LogP contribution in [0.4, 0.5) is 4.39 Å². The fraction of sp³-hybridized carbons (Fsp3) is 0.333. The van der Waals surface area contributed by atoms with Crippen molar-refractivity contribution in [3.63, 3.8) is 0 Å². The van der Waals surface area contributed by atoms with Gasteiger partial charge in [-0.2, -0.15) is 5.26 Å². The van der Waals surface area contributed by atoms with Gasteiger partial charge in [0.1, 0.15) is 24.7 Å². The zero-order valence-electron chi connectivity index (χ0n) is 15.2. The summed E-state index contributed by atoms with van der Waals surface area (Å²) in [5, 5.41) is 8.87. The quantitative estimate of drug-likeness (QED) is 0.698. The molecule has 0 bridgehead atoms. The number of aryl methyl sites for hydroxylation is 1. The smallest absolute Gasteiger partial charge is 0.140 e. The van der Waals surface area contributed by atoms with Crippen molar-refractivity contribution in [3.8, 4) is 6.07 Å². The van der Waals surface area contributed by atoms with Crippen LogP contribution < -0.4 is 0 Å². The Kier molecular flexibility index (Phi) is 4.88. The van der Waals surface area contributed by atoms with E-state index >= 15 is 0 Å². The number of para-hydroxylation sites is 2. The molecule has 138 valence electrons. The summed E-state index contributed by atoms with van der Waals surface area (Å²) in [7, 11) is 1.95. The van der Waals surface area contributed by atoms with Gasteiger partial charge in [0.25, 0.3) is 0 Å². The first-order valence-electron chi connectivity index (χ1n) is 9.01. The van der Waals surface area contributed by atoms with E-state index in [9.17, 15) is 4.39 Å². The Balaban J connectivity index is 1.36. The van der Waals surface area contributed by atoms with Crippen LogP contribution in [-0.4, -0.2) is 39.8 Å². The Hall–Kier alpha value is -2.75. The van der Waals surface area contributed by atoms with Gasteiger partial charge in [0.15, 0.2) is 0 Å². The molecule has 4 rings (SSSR count). The molecule has 1 aliphatic heterocycles. The molecule has 0 radical (unpaired) electrons. The van der Waals surface area contributed by atoms with E-state index in [4.69, 9.17) is 10.00 Å². The molecule has 0 N–H and O–H groups in total. The highest BCUT2D eigenvalue weighted by Gasteiger charge is 2.33. The molecule has 2 atom stereocenters. The Morgan fingerprint density at radius 3 is 2.70 bits per heavy atom. The van der Waals surface area contributed by atoms with Crippen LogP contribution in [0.25, 0.3) is 11.0 Å². The Morgan fingerprint density at radius 1 is 1.19 bits per heavy atom. The van der Waals surface area contributed by atoms with Crippen molar-refractivity contribution in [1.82, 2.24) is 14.5 Å². The second-order valence-corrected chi connectivity index (χ2v) is 6.94. The molecule has 0 amide bonds. The summed E-state index contributed by atoms with van der Waals surface area (Å²) in [4.78, 5) is 6.62. The SMILES string of the molecule is Cn1c(COC2CN(Cc3ccc(C#N)cc3)CC2F)nc2ccccc21. The van der Waals surface area contributed by atoms with E-state index in [1.54, 1.807) is 12.1 Å². The molecule has 27 heavy (non-hydrogen) atoms. The minimum Gasteiger partial charge on any atom is -0.366 e. The number of likely N-dealkylation sites (tertiary alicyclic amines) is 1. The minimum absolute atomic E-state index is 0.293. The Morgan fingerprint density at radius 2 is 1.96 bits per heavy atom. The van der Waals surface area contributed by atoms with Crippen LogP contribution >= 0.6 is 0 Å². The van der Waals surface area contributed by atoms with Crippen molar-refractivity contribution in [1.29, 1.82) is 5.26 Å². The van der Waals surface area contributed by atoms with Gasteiger partial charge in [-0.05, 0) is 29.8 Å². The summed E-state index contributed by atoms with van der Waals surface area (Å²) in [5.74, 6) is 0.800. The summed E-state index contributed by atoms with van der Waals surface area (Å²) in [5.41, 5.74) is 3.66. The predicted octanol–water partition coefficient (Wildman–Crippen LogP) is 3.18. The normalized spacial score (nSPS) is 20.2. The van der Waals surface area contributed by atoms with Gasteiger partial charge in [0.2, 0.25) is 0 Å². The van der Waals surface area contributed by atoms with Crippen LogP contribution in [0.15, 0.2) is 48.5 Å². The monoisotopic (exact) mass is 364 g/mol. The maximum atomic E-state index is 14.4. The molecule has 6 heteroatoms. The van der Waals surface area contributed by atoms with Gasteiger partial charge in [-0.3, -0.25) is 4.90 Å². The first-order chi connectivity index (χ1) is 13.1. The van der Waals surface area contributed by atoms with Crippen molar-refractivity contribution < 1.29 is 9.13 Å². The van der Waals surface area contributed by atoms with E-state index in [2.05, 4.69) is 11.1 Å². The van der Waals surface area contributed by atoms with Crippen LogP contribution in [0.2, 0.25) is 0 Å². The zero-order chi connectivity index (χ0) is 18.8. The molecule has 0 aliphatic carbocycles. The fourth-order valence-corrected chi connectivity index (χ4v) is 3.54. The van der Waals surface area contributed by atoms with Crippen LogP contribution in [-0.2, 0) is 24.9 Å². The van der Waals surface area contributed by atoms with E-state index in [-0.39, 0.29) is 0 Å². The fourth-order valence-electron chi connectivity index (χ4n) is 3.54. The third-order valence-corrected chi connectivity index (χ3v) is 5.07. The molecule has 1 aliphatic rings. The summed E-state index contributed by atoms with van der Waals surface area (Å²) >= 11 is 0. The number of rotatable bonds is 5. The molecule has 2 unspecified atom stereocenters. The number of aromatic nitrogens is 2. The standard InChI is InChI=1S/C21H21FN4O/c1-25-19-5-3-2-4-18(19)24-21(25)14-27-20-13-26(12-17(20)22)11-16-8-6-15(10-23)7-9-16/h2-9,17,20H,11-14H2,1H3. The van der Waals surface area contributed by atoms with E-state index in [1.807, 2.05) is 52.9 Å². The van der Waals surface area contributed by atoms with E-state index in [1.165, 1.54) is 0 Å². The molecule has 0 spiro atoms. The summed E-state index contributed by atoms with van der Waals surface area (Å²) in [6.07, 6.45) is -1.47. The molecule has 1 saturated heterocycles. The van der Waals surface area contributed by atoms with Crippen LogP contribution in [0.5, 0.6) is 0 Å². The molecule has 1 aromatic heterocycles. The third-order valence-electron chi connectivity index (χ3n) is 5.07. The topological polar surface area (TPSA) is 54.1 Å². The Bertz CT molecular complexity index is 976. The summed E-state index contributed by atoms with van der Waals surface area (Å²) in [6.45, 7) is 1.84. The number of hydrogen-bond acceptors (Lipinski definition) is 4. The summed E-state index contributed by atoms with van der Waals surface area (Å²) in [6, 6.07) is 17.4. The number of nitriles is 1. The number of benzene rings is 2. The van der Waals surface area contributed by atoms with Crippen molar-refractivity contribution in [2.24, 2.45) is 7.05 Å². The average molecular weight is 364 g/mol. The molecular formula is C21H21FN4O. The minimum atomic E-state index is -1.02. The Labute approximate surface area is 157 Å². The van der Waals surface area contributed by atoms with E-state index in [0.717, 1.165) is 22.4 Å². The molecule has 2 aromatic carbocycles. The number of hydrogen-bond donors (Lipinski definition) is 0. The number of ether oxygens (including phenoxy) is 1. The predicted molar refractivity (Wildman–Crippen MR) is 101 cm³/mol. The van der Waals surface area contributed by atoms with Gasteiger partial charge in [-0.15, -0.1) is 0 Å². The molecule has 0 saturated carbocycles. The molecule has 3 aromatic rings. The van der Waals surface area contributed by atoms with Gasteiger partial charge in [0.05, 0.1) is 22.7 Å². The maximum Gasteiger partial charge on any atom is 0.140 e. The number of imidazole rings is 1. The van der Waals surface area contributed by atoms with Gasteiger partial charge in [0, 0.05) is 26.7 Å². The van der Waals surface area contributed by atoms with Crippen molar-refractivity contribution in [3.05, 3.63) is 65.5 Å². The zero-order valence-corrected chi connectivity index (χ0v) is 15.2. The molecule has 5 nitrogen and oxygen atoms in total. The lowest BCUT2D eigenvalue weighted by atomic mass is 10.1. The second-order valence-electron chi connectivity index (χ2n) is 6.94. The number of fused-ring (bicyclic) bond motifs is 1. The van der Waals surface area contributed by atoms with Gasteiger partial charge < -0.3 is 9.30 Å². The number of alkyl halides is 1. The van der Waals surface area contributed by atoms with E-state index < -0.39 is 12.3 Å². The van der Waals surface area contributed by atoms with Crippen LogP contribution in [0.3, 0.4) is 0 Å². The lowest BCUT2D eigenvalue weighted by molar-refractivity contribution is 0.00749. The first kappa shape index (κ1) is 17.7.